The van der Waals surface area contributed by atoms with Crippen LogP contribution in [-0.4, -0.2) is 24.8 Å². The quantitative estimate of drug-likeness (QED) is 0.808. The summed E-state index contributed by atoms with van der Waals surface area (Å²) in [6.07, 6.45) is 11.4. The SMILES string of the molecule is CCCNC1CCCC(OC2CCC(C)C(C)C2)C1. The van der Waals surface area contributed by atoms with Crippen molar-refractivity contribution in [1.29, 1.82) is 0 Å². The third kappa shape index (κ3) is 4.75. The first-order valence-electron chi connectivity index (χ1n) is 8.57. The van der Waals surface area contributed by atoms with Crippen molar-refractivity contribution >= 4 is 0 Å². The van der Waals surface area contributed by atoms with Gasteiger partial charge in [-0.1, -0.05) is 20.8 Å². The van der Waals surface area contributed by atoms with Crippen LogP contribution in [0.15, 0.2) is 0 Å². The van der Waals surface area contributed by atoms with E-state index in [0.717, 1.165) is 18.4 Å². The van der Waals surface area contributed by atoms with Gasteiger partial charge >= 0.3 is 0 Å². The molecule has 0 amide bonds. The van der Waals surface area contributed by atoms with Gasteiger partial charge in [-0.15, -0.1) is 0 Å². The van der Waals surface area contributed by atoms with Crippen molar-refractivity contribution in [2.45, 2.75) is 90.4 Å². The average Bonchev–Trinajstić information content (AvgIpc) is 2.41. The lowest BCUT2D eigenvalue weighted by atomic mass is 9.80. The highest BCUT2D eigenvalue weighted by molar-refractivity contribution is 4.81. The van der Waals surface area contributed by atoms with Gasteiger partial charge in [0.1, 0.15) is 0 Å². The second-order valence-electron chi connectivity index (χ2n) is 6.97. The van der Waals surface area contributed by atoms with Gasteiger partial charge in [0.2, 0.25) is 0 Å². The summed E-state index contributed by atoms with van der Waals surface area (Å²) in [7, 11) is 0. The summed E-state index contributed by atoms with van der Waals surface area (Å²) in [6, 6.07) is 0.707. The van der Waals surface area contributed by atoms with Crippen molar-refractivity contribution in [3.05, 3.63) is 0 Å². The van der Waals surface area contributed by atoms with E-state index in [2.05, 4.69) is 26.1 Å². The van der Waals surface area contributed by atoms with Gasteiger partial charge in [-0.25, -0.2) is 0 Å². The molecule has 2 nitrogen and oxygen atoms in total. The maximum absolute atomic E-state index is 6.42. The highest BCUT2D eigenvalue weighted by Gasteiger charge is 2.29. The number of ether oxygens (including phenoxy) is 1. The first-order valence-corrected chi connectivity index (χ1v) is 8.57. The molecule has 112 valence electrons. The predicted molar refractivity (Wildman–Crippen MR) is 81.4 cm³/mol. The zero-order chi connectivity index (χ0) is 13.7. The molecule has 0 aromatic heterocycles. The zero-order valence-corrected chi connectivity index (χ0v) is 13.2. The Bertz CT molecular complexity index is 256. The molecular formula is C17H33NO. The third-order valence-corrected chi connectivity index (χ3v) is 5.24. The third-order valence-electron chi connectivity index (χ3n) is 5.24. The van der Waals surface area contributed by atoms with Crippen molar-refractivity contribution < 1.29 is 4.74 Å². The van der Waals surface area contributed by atoms with Gasteiger partial charge in [0.15, 0.2) is 0 Å². The molecule has 1 N–H and O–H groups in total. The zero-order valence-electron chi connectivity index (χ0n) is 13.2. The molecule has 19 heavy (non-hydrogen) atoms. The lowest BCUT2D eigenvalue weighted by Crippen LogP contribution is -2.39. The molecule has 2 aliphatic rings. The topological polar surface area (TPSA) is 21.3 Å². The average molecular weight is 267 g/mol. The summed E-state index contributed by atoms with van der Waals surface area (Å²) in [6.45, 7) is 8.20. The van der Waals surface area contributed by atoms with Crippen LogP contribution in [0.5, 0.6) is 0 Å². The van der Waals surface area contributed by atoms with Crippen molar-refractivity contribution in [2.24, 2.45) is 11.8 Å². The molecule has 0 bridgehead atoms. The van der Waals surface area contributed by atoms with Crippen LogP contribution < -0.4 is 5.32 Å². The Balaban J connectivity index is 1.73. The van der Waals surface area contributed by atoms with Gasteiger partial charge in [0, 0.05) is 6.04 Å². The smallest absolute Gasteiger partial charge is 0.0593 e. The summed E-state index contributed by atoms with van der Waals surface area (Å²) in [5, 5.41) is 3.67. The molecule has 0 spiro atoms. The fraction of sp³-hybridized carbons (Fsp3) is 1.00. The van der Waals surface area contributed by atoms with Gasteiger partial charge in [0.25, 0.3) is 0 Å². The largest absolute Gasteiger partial charge is 0.375 e. The molecule has 0 aromatic carbocycles. The highest BCUT2D eigenvalue weighted by atomic mass is 16.5. The molecule has 0 aliphatic heterocycles. The van der Waals surface area contributed by atoms with E-state index in [9.17, 15) is 0 Å². The molecule has 5 atom stereocenters. The molecule has 0 radical (unpaired) electrons. The van der Waals surface area contributed by atoms with Gasteiger partial charge in [-0.05, 0) is 69.7 Å². The maximum Gasteiger partial charge on any atom is 0.0593 e. The number of hydrogen-bond donors (Lipinski definition) is 1. The first-order chi connectivity index (χ1) is 9.19. The second kappa shape index (κ2) is 7.64. The second-order valence-corrected chi connectivity index (χ2v) is 6.97. The molecule has 0 heterocycles. The van der Waals surface area contributed by atoms with E-state index in [1.807, 2.05) is 0 Å². The lowest BCUT2D eigenvalue weighted by Gasteiger charge is -2.37. The fourth-order valence-electron chi connectivity index (χ4n) is 3.70. The summed E-state index contributed by atoms with van der Waals surface area (Å²) in [5.74, 6) is 1.74. The maximum atomic E-state index is 6.42. The van der Waals surface area contributed by atoms with Crippen LogP contribution in [0.3, 0.4) is 0 Å². The Hall–Kier alpha value is -0.0800. The fourth-order valence-corrected chi connectivity index (χ4v) is 3.70. The normalized spacial score (nSPS) is 40.3. The van der Waals surface area contributed by atoms with E-state index in [4.69, 9.17) is 4.74 Å². The van der Waals surface area contributed by atoms with E-state index in [1.54, 1.807) is 0 Å². The van der Waals surface area contributed by atoms with Gasteiger partial charge in [0.05, 0.1) is 12.2 Å². The van der Waals surface area contributed by atoms with Gasteiger partial charge in [-0.2, -0.15) is 0 Å². The minimum absolute atomic E-state index is 0.522. The summed E-state index contributed by atoms with van der Waals surface area (Å²) < 4.78 is 6.42. The monoisotopic (exact) mass is 267 g/mol. The molecule has 2 rings (SSSR count). The Morgan fingerprint density at radius 2 is 1.74 bits per heavy atom. The Morgan fingerprint density at radius 1 is 0.947 bits per heavy atom. The minimum atomic E-state index is 0.522. The predicted octanol–water partition coefficient (Wildman–Crippen LogP) is 4.14. The Labute approximate surface area is 119 Å². The van der Waals surface area contributed by atoms with Gasteiger partial charge < -0.3 is 10.1 Å². The summed E-state index contributed by atoms with van der Waals surface area (Å²) in [4.78, 5) is 0. The van der Waals surface area contributed by atoms with E-state index < -0.39 is 0 Å². The molecule has 2 aliphatic carbocycles. The van der Waals surface area contributed by atoms with E-state index in [-0.39, 0.29) is 0 Å². The summed E-state index contributed by atoms with van der Waals surface area (Å²) >= 11 is 0. The molecular weight excluding hydrogens is 234 g/mol. The number of hydrogen-bond acceptors (Lipinski definition) is 2. The van der Waals surface area contributed by atoms with Crippen molar-refractivity contribution in [3.63, 3.8) is 0 Å². The number of nitrogens with one attached hydrogen (secondary N) is 1. The standard InChI is InChI=1S/C17H33NO/c1-4-10-18-15-6-5-7-16(12-15)19-17-9-8-13(2)14(3)11-17/h13-18H,4-12H2,1-3H3. The molecule has 5 unspecified atom stereocenters. The van der Waals surface area contributed by atoms with E-state index >= 15 is 0 Å². The molecule has 2 fully saturated rings. The first kappa shape index (κ1) is 15.3. The van der Waals surface area contributed by atoms with Crippen molar-refractivity contribution in [1.82, 2.24) is 5.32 Å². The molecule has 2 heteroatoms. The van der Waals surface area contributed by atoms with Crippen molar-refractivity contribution in [3.8, 4) is 0 Å². The molecule has 0 saturated heterocycles. The van der Waals surface area contributed by atoms with Crippen LogP contribution in [0.25, 0.3) is 0 Å². The van der Waals surface area contributed by atoms with Crippen molar-refractivity contribution in [2.75, 3.05) is 6.54 Å². The molecule has 0 aromatic rings. The lowest BCUT2D eigenvalue weighted by molar-refractivity contribution is -0.0644. The van der Waals surface area contributed by atoms with Crippen LogP contribution in [0.2, 0.25) is 0 Å². The van der Waals surface area contributed by atoms with Crippen LogP contribution in [0, 0.1) is 11.8 Å². The van der Waals surface area contributed by atoms with Gasteiger partial charge in [-0.3, -0.25) is 0 Å². The Morgan fingerprint density at radius 3 is 2.47 bits per heavy atom. The number of rotatable bonds is 5. The highest BCUT2D eigenvalue weighted by Crippen LogP contribution is 2.33. The van der Waals surface area contributed by atoms with Crippen LogP contribution in [0.4, 0.5) is 0 Å². The summed E-state index contributed by atoms with van der Waals surface area (Å²) in [5.41, 5.74) is 0. The van der Waals surface area contributed by atoms with Crippen LogP contribution in [0.1, 0.15) is 72.1 Å². The molecule has 2 saturated carbocycles. The Kier molecular flexibility index (Phi) is 6.15. The van der Waals surface area contributed by atoms with Crippen LogP contribution >= 0.6 is 0 Å². The minimum Gasteiger partial charge on any atom is -0.375 e. The van der Waals surface area contributed by atoms with E-state index in [0.29, 0.717) is 18.2 Å². The van der Waals surface area contributed by atoms with Crippen LogP contribution in [-0.2, 0) is 4.74 Å². The van der Waals surface area contributed by atoms with E-state index in [1.165, 1.54) is 51.4 Å².